The van der Waals surface area contributed by atoms with Crippen LogP contribution in [-0.2, 0) is 9.59 Å². The molecular formula is C11H10Cl3NO3S. The van der Waals surface area contributed by atoms with E-state index >= 15 is 0 Å². The van der Waals surface area contributed by atoms with E-state index in [4.69, 9.17) is 39.9 Å². The first-order chi connectivity index (χ1) is 8.81. The van der Waals surface area contributed by atoms with Crippen LogP contribution in [0, 0.1) is 0 Å². The zero-order chi connectivity index (χ0) is 14.6. The molecule has 1 aromatic carbocycles. The number of hydrogen-bond donors (Lipinski definition) is 2. The molecule has 0 aliphatic carbocycles. The number of nitrogens with one attached hydrogen (secondary N) is 1. The minimum Gasteiger partial charge on any atom is -0.480 e. The average molecular weight is 343 g/mol. The van der Waals surface area contributed by atoms with Crippen molar-refractivity contribution in [1.82, 2.24) is 0 Å². The van der Waals surface area contributed by atoms with Crippen LogP contribution in [0.2, 0.25) is 15.1 Å². The number of benzene rings is 1. The molecule has 1 amide bonds. The summed E-state index contributed by atoms with van der Waals surface area (Å²) in [5.41, 5.74) is 0.265. The van der Waals surface area contributed by atoms with Crippen LogP contribution in [0.15, 0.2) is 12.1 Å². The van der Waals surface area contributed by atoms with Gasteiger partial charge in [0.1, 0.15) is 0 Å². The van der Waals surface area contributed by atoms with E-state index in [1.165, 1.54) is 19.1 Å². The molecule has 1 unspecified atom stereocenters. The van der Waals surface area contributed by atoms with E-state index in [2.05, 4.69) is 5.32 Å². The summed E-state index contributed by atoms with van der Waals surface area (Å²) in [5.74, 6) is -1.37. The molecule has 0 aromatic heterocycles. The van der Waals surface area contributed by atoms with E-state index in [0.29, 0.717) is 5.02 Å². The molecule has 2 N–H and O–H groups in total. The molecular weight excluding hydrogens is 333 g/mol. The fraction of sp³-hybridized carbons (Fsp3) is 0.273. The first-order valence-electron chi connectivity index (χ1n) is 5.10. The van der Waals surface area contributed by atoms with Crippen molar-refractivity contribution in [3.05, 3.63) is 27.2 Å². The van der Waals surface area contributed by atoms with E-state index in [1.54, 1.807) is 0 Å². The molecule has 0 radical (unpaired) electrons. The summed E-state index contributed by atoms with van der Waals surface area (Å²) in [5, 5.41) is 11.4. The number of rotatable bonds is 5. The van der Waals surface area contributed by atoms with Gasteiger partial charge in [0, 0.05) is 5.02 Å². The minimum atomic E-state index is -0.972. The van der Waals surface area contributed by atoms with E-state index < -0.39 is 11.2 Å². The van der Waals surface area contributed by atoms with Gasteiger partial charge in [-0.15, -0.1) is 11.8 Å². The zero-order valence-electron chi connectivity index (χ0n) is 9.75. The van der Waals surface area contributed by atoms with Crippen molar-refractivity contribution < 1.29 is 14.7 Å². The average Bonchev–Trinajstić information content (AvgIpc) is 2.30. The molecule has 19 heavy (non-hydrogen) atoms. The topological polar surface area (TPSA) is 66.4 Å². The van der Waals surface area contributed by atoms with Crippen molar-refractivity contribution in [3.63, 3.8) is 0 Å². The number of carboxylic acid groups (broad SMARTS) is 1. The van der Waals surface area contributed by atoms with Crippen LogP contribution in [0.5, 0.6) is 0 Å². The Labute approximate surface area is 129 Å². The third-order valence-electron chi connectivity index (χ3n) is 2.08. The molecule has 0 saturated heterocycles. The van der Waals surface area contributed by atoms with Gasteiger partial charge < -0.3 is 10.4 Å². The number of hydrogen-bond acceptors (Lipinski definition) is 3. The van der Waals surface area contributed by atoms with Gasteiger partial charge in [-0.25, -0.2) is 0 Å². The second kappa shape index (κ2) is 7.24. The summed E-state index contributed by atoms with van der Waals surface area (Å²) in [6.07, 6.45) is 0. The number of carboxylic acids is 1. The summed E-state index contributed by atoms with van der Waals surface area (Å²) in [6, 6.07) is 2.91. The second-order valence-corrected chi connectivity index (χ2v) is 6.16. The number of halogens is 3. The maximum atomic E-state index is 11.7. The number of anilines is 1. The highest BCUT2D eigenvalue weighted by Crippen LogP contribution is 2.33. The Kier molecular flexibility index (Phi) is 6.26. The molecule has 4 nitrogen and oxygen atoms in total. The van der Waals surface area contributed by atoms with Crippen LogP contribution < -0.4 is 5.32 Å². The summed E-state index contributed by atoms with van der Waals surface area (Å²) in [7, 11) is 0. The molecule has 1 rings (SSSR count). The second-order valence-electron chi connectivity index (χ2n) is 3.58. The van der Waals surface area contributed by atoms with Gasteiger partial charge in [-0.05, 0) is 19.1 Å². The van der Waals surface area contributed by atoms with E-state index in [0.717, 1.165) is 11.8 Å². The van der Waals surface area contributed by atoms with Crippen molar-refractivity contribution in [2.45, 2.75) is 12.2 Å². The maximum Gasteiger partial charge on any atom is 0.316 e. The lowest BCUT2D eigenvalue weighted by atomic mass is 10.3. The Morgan fingerprint density at radius 1 is 1.32 bits per heavy atom. The number of amides is 1. The van der Waals surface area contributed by atoms with Gasteiger partial charge in [0.15, 0.2) is 0 Å². The van der Waals surface area contributed by atoms with Crippen LogP contribution in [0.1, 0.15) is 6.92 Å². The lowest BCUT2D eigenvalue weighted by Gasteiger charge is -2.10. The molecule has 104 valence electrons. The lowest BCUT2D eigenvalue weighted by molar-refractivity contribution is -0.136. The van der Waals surface area contributed by atoms with Crippen molar-refractivity contribution in [1.29, 1.82) is 0 Å². The van der Waals surface area contributed by atoms with Gasteiger partial charge in [-0.2, -0.15) is 0 Å². The lowest BCUT2D eigenvalue weighted by Crippen LogP contribution is -2.19. The monoisotopic (exact) mass is 341 g/mol. The van der Waals surface area contributed by atoms with Crippen molar-refractivity contribution >= 4 is 64.1 Å². The van der Waals surface area contributed by atoms with Gasteiger partial charge in [-0.3, -0.25) is 9.59 Å². The molecule has 0 aliphatic heterocycles. The van der Waals surface area contributed by atoms with Crippen molar-refractivity contribution in [2.75, 3.05) is 11.1 Å². The predicted molar refractivity (Wildman–Crippen MR) is 79.7 cm³/mol. The summed E-state index contributed by atoms with van der Waals surface area (Å²) < 4.78 is 0. The normalized spacial score (nSPS) is 12.0. The molecule has 0 spiro atoms. The maximum absolute atomic E-state index is 11.7. The fourth-order valence-corrected chi connectivity index (χ4v) is 2.64. The van der Waals surface area contributed by atoms with Gasteiger partial charge in [-0.1, -0.05) is 34.8 Å². The molecule has 0 aliphatic rings. The first kappa shape index (κ1) is 16.4. The Morgan fingerprint density at radius 3 is 2.32 bits per heavy atom. The molecule has 1 atom stereocenters. The fourth-order valence-electron chi connectivity index (χ4n) is 1.11. The molecule has 8 heteroatoms. The Balaban J connectivity index is 2.65. The van der Waals surface area contributed by atoms with Crippen LogP contribution in [0.3, 0.4) is 0 Å². The number of thioether (sulfide) groups is 1. The summed E-state index contributed by atoms with van der Waals surface area (Å²) >= 11 is 18.6. The van der Waals surface area contributed by atoms with Crippen LogP contribution >= 0.6 is 46.6 Å². The smallest absolute Gasteiger partial charge is 0.316 e. The van der Waals surface area contributed by atoms with Crippen LogP contribution in [0.25, 0.3) is 0 Å². The Hall–Kier alpha value is -0.620. The van der Waals surface area contributed by atoms with Crippen molar-refractivity contribution in [3.8, 4) is 0 Å². The van der Waals surface area contributed by atoms with Gasteiger partial charge in [0.25, 0.3) is 0 Å². The van der Waals surface area contributed by atoms with Crippen LogP contribution in [-0.4, -0.2) is 28.0 Å². The zero-order valence-corrected chi connectivity index (χ0v) is 12.8. The summed E-state index contributed by atoms with van der Waals surface area (Å²) in [6.45, 7) is 1.50. The third-order valence-corrected chi connectivity index (χ3v) is 4.03. The highest BCUT2D eigenvalue weighted by molar-refractivity contribution is 8.01. The minimum absolute atomic E-state index is 0.0112. The van der Waals surface area contributed by atoms with Gasteiger partial charge in [0.2, 0.25) is 5.91 Å². The summed E-state index contributed by atoms with van der Waals surface area (Å²) in [4.78, 5) is 22.3. The number of carbonyl (C=O) groups excluding carboxylic acids is 1. The van der Waals surface area contributed by atoms with E-state index in [-0.39, 0.29) is 27.4 Å². The number of aliphatic carboxylic acids is 1. The first-order valence-corrected chi connectivity index (χ1v) is 7.28. The number of carbonyl (C=O) groups is 2. The van der Waals surface area contributed by atoms with Gasteiger partial charge in [0.05, 0.1) is 26.7 Å². The predicted octanol–water partition coefficient (Wildman–Crippen LogP) is 3.79. The Bertz CT molecular complexity index is 487. The highest BCUT2D eigenvalue weighted by Gasteiger charge is 2.15. The van der Waals surface area contributed by atoms with E-state index in [9.17, 15) is 9.59 Å². The largest absolute Gasteiger partial charge is 0.480 e. The molecule has 0 fully saturated rings. The standard InChI is InChI=1S/C11H10Cl3NO3S/c1-5(11(17)18)19-4-9(16)15-10-7(13)2-6(12)3-8(10)14/h2-3,5H,4H2,1H3,(H,15,16)(H,17,18). The molecule has 1 aromatic rings. The van der Waals surface area contributed by atoms with Gasteiger partial charge >= 0.3 is 5.97 Å². The van der Waals surface area contributed by atoms with Crippen LogP contribution in [0.4, 0.5) is 5.69 Å². The highest BCUT2D eigenvalue weighted by atomic mass is 35.5. The molecule has 0 bridgehead atoms. The van der Waals surface area contributed by atoms with E-state index in [1.807, 2.05) is 0 Å². The quantitative estimate of drug-likeness (QED) is 0.854. The molecule has 0 heterocycles. The molecule has 0 saturated carbocycles. The van der Waals surface area contributed by atoms with Crippen molar-refractivity contribution in [2.24, 2.45) is 0 Å². The Morgan fingerprint density at radius 2 is 1.84 bits per heavy atom. The third kappa shape index (κ3) is 5.10. The SMILES string of the molecule is CC(SCC(=O)Nc1c(Cl)cc(Cl)cc1Cl)C(=O)O.